The van der Waals surface area contributed by atoms with Crippen LogP contribution in [0.5, 0.6) is 0 Å². The first-order chi connectivity index (χ1) is 14.9. The number of H-pyrrole nitrogens is 1. The summed E-state index contributed by atoms with van der Waals surface area (Å²) >= 11 is 0. The van der Waals surface area contributed by atoms with E-state index in [4.69, 9.17) is 4.74 Å². The number of nitrogens with one attached hydrogen (secondary N) is 1. The van der Waals surface area contributed by atoms with Crippen molar-refractivity contribution in [3.05, 3.63) is 69.5 Å². The number of pyridine rings is 1. The summed E-state index contributed by atoms with van der Waals surface area (Å²) in [6, 6.07) is 8.15. The second kappa shape index (κ2) is 9.03. The summed E-state index contributed by atoms with van der Waals surface area (Å²) in [5.74, 6) is -0.631. The van der Waals surface area contributed by atoms with Crippen molar-refractivity contribution in [3.63, 3.8) is 0 Å². The Morgan fingerprint density at radius 3 is 2.74 bits per heavy atom. The van der Waals surface area contributed by atoms with E-state index in [1.54, 1.807) is 30.8 Å². The Morgan fingerprint density at radius 1 is 1.19 bits per heavy atom. The maximum atomic E-state index is 13.4. The number of morpholine rings is 1. The summed E-state index contributed by atoms with van der Waals surface area (Å²) < 4.78 is 20.4. The molecule has 4 rings (SSSR count). The van der Waals surface area contributed by atoms with Gasteiger partial charge in [-0.2, -0.15) is 0 Å². The second-order valence-electron chi connectivity index (χ2n) is 8.01. The van der Waals surface area contributed by atoms with Crippen molar-refractivity contribution in [1.82, 2.24) is 19.4 Å². The summed E-state index contributed by atoms with van der Waals surface area (Å²) in [5, 5.41) is 0.747. The molecular weight excluding hydrogens is 399 g/mol. The Balaban J connectivity index is 1.50. The number of aromatic nitrogens is 2. The minimum Gasteiger partial charge on any atom is -0.379 e. The predicted octanol–water partition coefficient (Wildman–Crippen LogP) is 2.38. The SMILES string of the molecule is Cc1ccn(CCN2CCOCC2)c(=O)c1C(=O)N(C)Cc1cc2cc(F)ccc2[nH]1. The van der Waals surface area contributed by atoms with Crippen molar-refractivity contribution in [2.45, 2.75) is 20.0 Å². The lowest BCUT2D eigenvalue weighted by molar-refractivity contribution is 0.0362. The molecule has 1 fully saturated rings. The number of rotatable bonds is 6. The van der Waals surface area contributed by atoms with Crippen molar-refractivity contribution >= 4 is 16.8 Å². The minimum absolute atomic E-state index is 0.189. The molecular formula is C23H27FN4O3. The fourth-order valence-corrected chi connectivity index (χ4v) is 3.94. The zero-order valence-corrected chi connectivity index (χ0v) is 17.9. The van der Waals surface area contributed by atoms with Gasteiger partial charge in [-0.3, -0.25) is 14.5 Å². The molecule has 31 heavy (non-hydrogen) atoms. The van der Waals surface area contributed by atoms with Gasteiger partial charge >= 0.3 is 0 Å². The van der Waals surface area contributed by atoms with Gasteiger partial charge in [0.15, 0.2) is 0 Å². The molecule has 0 bridgehead atoms. The molecule has 2 aromatic heterocycles. The molecule has 7 nitrogen and oxygen atoms in total. The van der Waals surface area contributed by atoms with Gasteiger partial charge in [0, 0.05) is 56.0 Å². The van der Waals surface area contributed by atoms with Crippen molar-refractivity contribution in [2.75, 3.05) is 39.9 Å². The first-order valence-electron chi connectivity index (χ1n) is 10.4. The predicted molar refractivity (Wildman–Crippen MR) is 117 cm³/mol. The molecule has 1 aliphatic rings. The maximum Gasteiger partial charge on any atom is 0.263 e. The zero-order valence-electron chi connectivity index (χ0n) is 17.9. The average Bonchev–Trinajstić information content (AvgIpc) is 3.15. The zero-order chi connectivity index (χ0) is 22.0. The first-order valence-corrected chi connectivity index (χ1v) is 10.4. The summed E-state index contributed by atoms with van der Waals surface area (Å²) in [7, 11) is 1.67. The van der Waals surface area contributed by atoms with Gasteiger partial charge in [-0.15, -0.1) is 0 Å². The number of benzene rings is 1. The van der Waals surface area contributed by atoms with Crippen molar-refractivity contribution in [2.24, 2.45) is 0 Å². The Morgan fingerprint density at radius 2 is 1.97 bits per heavy atom. The van der Waals surface area contributed by atoms with Gasteiger partial charge in [0.2, 0.25) is 0 Å². The summed E-state index contributed by atoms with van der Waals surface area (Å²) in [5.41, 5.74) is 2.15. The first kappa shape index (κ1) is 21.3. The van der Waals surface area contributed by atoms with Gasteiger partial charge in [0.25, 0.3) is 11.5 Å². The number of hydrogen-bond acceptors (Lipinski definition) is 4. The molecule has 1 amide bonds. The van der Waals surface area contributed by atoms with Gasteiger partial charge in [-0.1, -0.05) is 0 Å². The third kappa shape index (κ3) is 4.70. The molecule has 0 spiro atoms. The molecule has 3 aromatic rings. The van der Waals surface area contributed by atoms with Gasteiger partial charge < -0.3 is 19.2 Å². The molecule has 0 saturated carbocycles. The summed E-state index contributed by atoms with van der Waals surface area (Å²) in [6.07, 6.45) is 1.75. The topological polar surface area (TPSA) is 70.6 Å². The molecule has 0 radical (unpaired) electrons. The van der Waals surface area contributed by atoms with E-state index in [0.717, 1.165) is 36.2 Å². The van der Waals surface area contributed by atoms with Crippen LogP contribution in [0.1, 0.15) is 21.6 Å². The van der Waals surface area contributed by atoms with E-state index in [-0.39, 0.29) is 29.4 Å². The van der Waals surface area contributed by atoms with Crippen molar-refractivity contribution in [1.29, 1.82) is 0 Å². The van der Waals surface area contributed by atoms with Crippen LogP contribution in [0.25, 0.3) is 10.9 Å². The standard InChI is InChI=1S/C23H27FN4O3/c1-16-5-6-28(8-7-27-9-11-31-12-10-27)23(30)21(16)22(29)26(2)15-19-14-17-13-18(24)3-4-20(17)25-19/h3-6,13-14,25H,7-12,15H2,1-2H3. The number of halogens is 1. The molecule has 1 aromatic carbocycles. The Kier molecular flexibility index (Phi) is 6.20. The third-order valence-corrected chi connectivity index (χ3v) is 5.74. The minimum atomic E-state index is -0.326. The summed E-state index contributed by atoms with van der Waals surface area (Å²) in [4.78, 5) is 33.2. The lowest BCUT2D eigenvalue weighted by Gasteiger charge is -2.26. The highest BCUT2D eigenvalue weighted by molar-refractivity contribution is 5.95. The highest BCUT2D eigenvalue weighted by Crippen LogP contribution is 2.18. The number of hydrogen-bond donors (Lipinski definition) is 1. The van der Waals surface area contributed by atoms with Crippen LogP contribution < -0.4 is 5.56 Å². The smallest absolute Gasteiger partial charge is 0.263 e. The fraction of sp³-hybridized carbons (Fsp3) is 0.391. The van der Waals surface area contributed by atoms with E-state index >= 15 is 0 Å². The molecule has 1 saturated heterocycles. The van der Waals surface area contributed by atoms with E-state index in [9.17, 15) is 14.0 Å². The van der Waals surface area contributed by atoms with Crippen molar-refractivity contribution < 1.29 is 13.9 Å². The lowest BCUT2D eigenvalue weighted by Crippen LogP contribution is -2.40. The Bertz CT molecular complexity index is 1150. The Hall–Kier alpha value is -2.97. The number of carbonyl (C=O) groups is 1. The number of carbonyl (C=O) groups excluding carboxylic acids is 1. The van der Waals surface area contributed by atoms with Crippen LogP contribution >= 0.6 is 0 Å². The number of aryl methyl sites for hydroxylation is 1. The van der Waals surface area contributed by atoms with Crippen LogP contribution in [-0.2, 0) is 17.8 Å². The van der Waals surface area contributed by atoms with Gasteiger partial charge in [-0.25, -0.2) is 4.39 Å². The highest BCUT2D eigenvalue weighted by Gasteiger charge is 2.21. The van der Waals surface area contributed by atoms with E-state index in [1.807, 2.05) is 12.1 Å². The number of fused-ring (bicyclic) bond motifs is 1. The van der Waals surface area contributed by atoms with E-state index in [0.29, 0.717) is 25.3 Å². The average molecular weight is 426 g/mol. The third-order valence-electron chi connectivity index (χ3n) is 5.74. The van der Waals surface area contributed by atoms with Crippen LogP contribution in [0, 0.1) is 12.7 Å². The fourth-order valence-electron chi connectivity index (χ4n) is 3.94. The quantitative estimate of drug-likeness (QED) is 0.657. The monoisotopic (exact) mass is 426 g/mol. The highest BCUT2D eigenvalue weighted by atomic mass is 19.1. The van der Waals surface area contributed by atoms with Crippen LogP contribution in [0.2, 0.25) is 0 Å². The Labute approximate surface area is 180 Å². The van der Waals surface area contributed by atoms with Crippen LogP contribution in [0.15, 0.2) is 41.3 Å². The number of aromatic amines is 1. The molecule has 164 valence electrons. The maximum absolute atomic E-state index is 13.4. The van der Waals surface area contributed by atoms with Crippen LogP contribution in [-0.4, -0.2) is 65.2 Å². The molecule has 0 unspecified atom stereocenters. The molecule has 1 N–H and O–H groups in total. The van der Waals surface area contributed by atoms with Crippen LogP contribution in [0.3, 0.4) is 0 Å². The molecule has 8 heteroatoms. The van der Waals surface area contributed by atoms with E-state index in [1.165, 1.54) is 17.0 Å². The van der Waals surface area contributed by atoms with Crippen molar-refractivity contribution in [3.8, 4) is 0 Å². The number of ether oxygens (including phenoxy) is 1. The molecule has 1 aliphatic heterocycles. The largest absolute Gasteiger partial charge is 0.379 e. The van der Waals surface area contributed by atoms with E-state index in [2.05, 4.69) is 9.88 Å². The molecule has 0 aliphatic carbocycles. The lowest BCUT2D eigenvalue weighted by atomic mass is 10.1. The van der Waals surface area contributed by atoms with Gasteiger partial charge in [0.05, 0.1) is 19.8 Å². The second-order valence-corrected chi connectivity index (χ2v) is 8.01. The van der Waals surface area contributed by atoms with Crippen LogP contribution in [0.4, 0.5) is 4.39 Å². The number of amides is 1. The normalized spacial score (nSPS) is 14.8. The van der Waals surface area contributed by atoms with Gasteiger partial charge in [0.1, 0.15) is 11.4 Å². The van der Waals surface area contributed by atoms with E-state index < -0.39 is 0 Å². The molecule has 0 atom stereocenters. The molecule has 3 heterocycles. The summed E-state index contributed by atoms with van der Waals surface area (Å²) in [6.45, 7) is 6.44. The van der Waals surface area contributed by atoms with Gasteiger partial charge in [-0.05, 0) is 42.8 Å². The number of nitrogens with zero attached hydrogens (tertiary/aromatic N) is 3.